The first-order valence-corrected chi connectivity index (χ1v) is 20.2. The molecule has 1 heterocycles. The number of hydrogen-bond acceptors (Lipinski definition) is 8. The number of rotatable bonds is 23. The number of ketones is 1. The maximum absolute atomic E-state index is 13.0. The second kappa shape index (κ2) is 22.9. The monoisotopic (exact) mass is 748 g/mol. The van der Waals surface area contributed by atoms with Gasteiger partial charge in [-0.05, 0) is 93.5 Å². The first kappa shape index (κ1) is 41.7. The van der Waals surface area contributed by atoms with Crippen molar-refractivity contribution < 1.29 is 33.6 Å². The number of hydroxylamine groups is 1. The number of hydrogen-bond donors (Lipinski definition) is 3. The molecule has 2 fully saturated rings. The Balaban J connectivity index is 1.01. The molecule has 1 unspecified atom stereocenters. The molecule has 5 amide bonds. The van der Waals surface area contributed by atoms with E-state index >= 15 is 0 Å². The molecule has 12 heteroatoms. The Morgan fingerprint density at radius 1 is 0.774 bits per heavy atom. The van der Waals surface area contributed by atoms with Gasteiger partial charge in [0.05, 0.1) is 11.9 Å². The smallest absolute Gasteiger partial charge is 0.243 e. The minimum absolute atomic E-state index is 0.00582. The average molecular weight is 749 g/mol. The van der Waals surface area contributed by atoms with Crippen LogP contribution in [0.3, 0.4) is 0 Å². The summed E-state index contributed by atoms with van der Waals surface area (Å²) in [5.74, 6) is 0.531. The largest absolute Gasteiger partial charge is 0.359 e. The summed E-state index contributed by atoms with van der Waals surface area (Å²) in [4.78, 5) is 81.7. The normalized spacial score (nSPS) is 18.5. The van der Waals surface area contributed by atoms with Gasteiger partial charge in [0.25, 0.3) is 0 Å². The van der Waals surface area contributed by atoms with E-state index in [4.69, 9.17) is 4.84 Å². The lowest BCUT2D eigenvalue weighted by molar-refractivity contribution is -0.138. The Bertz CT molecular complexity index is 1500. The van der Waals surface area contributed by atoms with E-state index in [0.29, 0.717) is 51.0 Å². The number of thioether (sulfide) groups is 1. The third-order valence-electron chi connectivity index (χ3n) is 10.1. The zero-order valence-corrected chi connectivity index (χ0v) is 31.9. The molecule has 0 aromatic heterocycles. The molecule has 2 aliphatic rings. The van der Waals surface area contributed by atoms with E-state index < -0.39 is 5.25 Å². The fourth-order valence-electron chi connectivity index (χ4n) is 6.91. The van der Waals surface area contributed by atoms with Crippen LogP contribution in [0.5, 0.6) is 0 Å². The number of carbonyl (C=O) groups is 6. The van der Waals surface area contributed by atoms with Crippen molar-refractivity contribution in [2.75, 3.05) is 18.9 Å². The van der Waals surface area contributed by atoms with E-state index in [1.807, 2.05) is 54.6 Å². The van der Waals surface area contributed by atoms with Gasteiger partial charge < -0.3 is 10.6 Å². The summed E-state index contributed by atoms with van der Waals surface area (Å²) in [6.07, 6.45) is 12.3. The zero-order valence-electron chi connectivity index (χ0n) is 31.1. The number of imide groups is 1. The number of amides is 5. The Hall–Kier alpha value is -4.03. The van der Waals surface area contributed by atoms with Crippen LogP contribution in [0, 0.1) is 11.8 Å². The molecule has 11 nitrogen and oxygen atoms in total. The standard InChI is InChI=1S/C41H56N4O7S/c1-42-40(50)32-22-17-30(18-23-32)19-24-34(46)14-8-5-11-27-45-39(49)28-36(41(45)51)53-35-25-20-31(21-26-35)29-52-44-38(48)16-10-3-2-9-15-37(47)43-33-12-6-4-7-13-33/h4,6-7,12-13,20-21,25-26,30,32,36H,2-3,5,8-11,14-19,22-24,27-29H2,1H3,(H,42,50)(H,43,47)(H,44,48). The molecule has 288 valence electrons. The van der Waals surface area contributed by atoms with Crippen molar-refractivity contribution in [1.82, 2.24) is 15.7 Å². The summed E-state index contributed by atoms with van der Waals surface area (Å²) in [6.45, 7) is 0.585. The lowest BCUT2D eigenvalue weighted by Gasteiger charge is -2.27. The van der Waals surface area contributed by atoms with Gasteiger partial charge in [-0.25, -0.2) is 5.48 Å². The van der Waals surface area contributed by atoms with Crippen LogP contribution in [0.1, 0.15) is 115 Å². The predicted molar refractivity (Wildman–Crippen MR) is 205 cm³/mol. The lowest BCUT2D eigenvalue weighted by Crippen LogP contribution is -2.32. The van der Waals surface area contributed by atoms with Gasteiger partial charge in [0, 0.05) is 62.2 Å². The number of anilines is 1. The molecule has 1 saturated carbocycles. The molecule has 1 aliphatic carbocycles. The number of unbranched alkanes of at least 4 members (excludes halogenated alkanes) is 5. The highest BCUT2D eigenvalue weighted by Crippen LogP contribution is 2.33. The van der Waals surface area contributed by atoms with Crippen LogP contribution in [0.2, 0.25) is 0 Å². The number of nitrogens with one attached hydrogen (secondary N) is 3. The fraction of sp³-hybridized carbons (Fsp3) is 0.561. The summed E-state index contributed by atoms with van der Waals surface area (Å²) in [5, 5.41) is 5.15. The van der Waals surface area contributed by atoms with E-state index in [0.717, 1.165) is 80.4 Å². The number of likely N-dealkylation sites (tertiary alicyclic amines) is 1. The van der Waals surface area contributed by atoms with Crippen LogP contribution >= 0.6 is 11.8 Å². The molecule has 1 aliphatic heterocycles. The Kier molecular flexibility index (Phi) is 18.0. The van der Waals surface area contributed by atoms with E-state index in [9.17, 15) is 28.8 Å². The van der Waals surface area contributed by atoms with Gasteiger partial charge in [0.15, 0.2) is 0 Å². The SMILES string of the molecule is CNC(=O)C1CCC(CCC(=O)CCCCCN2C(=O)CC(Sc3ccc(CONC(=O)CCCCCCC(=O)Nc4ccccc4)cc3)C2=O)CC1. The molecular formula is C41H56N4O7S. The van der Waals surface area contributed by atoms with Gasteiger partial charge in [-0.1, -0.05) is 49.6 Å². The Labute approximate surface area is 318 Å². The molecule has 0 radical (unpaired) electrons. The number of carbonyl (C=O) groups excluding carboxylic acids is 6. The molecule has 4 rings (SSSR count). The Morgan fingerprint density at radius 2 is 1.43 bits per heavy atom. The van der Waals surface area contributed by atoms with Crippen molar-refractivity contribution in [1.29, 1.82) is 0 Å². The van der Waals surface area contributed by atoms with Crippen LogP contribution in [0.4, 0.5) is 5.69 Å². The molecule has 53 heavy (non-hydrogen) atoms. The molecule has 1 saturated heterocycles. The van der Waals surface area contributed by atoms with E-state index in [-0.39, 0.29) is 54.3 Å². The third kappa shape index (κ3) is 15.1. The van der Waals surface area contributed by atoms with Gasteiger partial charge in [-0.2, -0.15) is 0 Å². The summed E-state index contributed by atoms with van der Waals surface area (Å²) in [7, 11) is 1.68. The minimum atomic E-state index is -0.455. The first-order valence-electron chi connectivity index (χ1n) is 19.3. The molecule has 3 N–H and O–H groups in total. The van der Waals surface area contributed by atoms with Crippen LogP contribution in [-0.2, 0) is 40.2 Å². The van der Waals surface area contributed by atoms with Crippen LogP contribution in [-0.4, -0.2) is 59.1 Å². The summed E-state index contributed by atoms with van der Waals surface area (Å²) < 4.78 is 0. The lowest BCUT2D eigenvalue weighted by atomic mass is 9.79. The van der Waals surface area contributed by atoms with Gasteiger partial charge in [0.2, 0.25) is 29.5 Å². The minimum Gasteiger partial charge on any atom is -0.359 e. The molecule has 1 atom stereocenters. The highest BCUT2D eigenvalue weighted by atomic mass is 32.2. The van der Waals surface area contributed by atoms with Crippen LogP contribution in [0.25, 0.3) is 0 Å². The van der Waals surface area contributed by atoms with Crippen molar-refractivity contribution in [3.05, 3.63) is 60.2 Å². The van der Waals surface area contributed by atoms with Crippen molar-refractivity contribution in [3.8, 4) is 0 Å². The second-order valence-electron chi connectivity index (χ2n) is 14.2. The summed E-state index contributed by atoms with van der Waals surface area (Å²) in [5.41, 5.74) is 4.14. The van der Waals surface area contributed by atoms with E-state index in [1.54, 1.807) is 7.05 Å². The number of nitrogens with zero attached hydrogens (tertiary/aromatic N) is 1. The zero-order chi connectivity index (χ0) is 37.8. The van der Waals surface area contributed by atoms with Gasteiger partial charge in [0.1, 0.15) is 5.78 Å². The molecule has 2 aromatic rings. The van der Waals surface area contributed by atoms with Gasteiger partial charge in [-0.15, -0.1) is 11.8 Å². The fourth-order valence-corrected chi connectivity index (χ4v) is 7.98. The van der Waals surface area contributed by atoms with Crippen LogP contribution in [0.15, 0.2) is 59.5 Å². The van der Waals surface area contributed by atoms with Crippen molar-refractivity contribution >= 4 is 52.8 Å². The molecule has 2 aromatic carbocycles. The Morgan fingerprint density at radius 3 is 2.13 bits per heavy atom. The number of para-hydroxylation sites is 1. The predicted octanol–water partition coefficient (Wildman–Crippen LogP) is 6.90. The summed E-state index contributed by atoms with van der Waals surface area (Å²) >= 11 is 1.38. The van der Waals surface area contributed by atoms with Gasteiger partial charge >= 0.3 is 0 Å². The third-order valence-corrected chi connectivity index (χ3v) is 11.3. The average Bonchev–Trinajstić information content (AvgIpc) is 3.43. The highest BCUT2D eigenvalue weighted by molar-refractivity contribution is 8.00. The number of Topliss-reactive ketones (excluding diaryl/α,β-unsaturated/α-hetero) is 1. The maximum atomic E-state index is 13.0. The van der Waals surface area contributed by atoms with Crippen molar-refractivity contribution in [2.24, 2.45) is 11.8 Å². The molecule has 0 bridgehead atoms. The van der Waals surface area contributed by atoms with Crippen molar-refractivity contribution in [2.45, 2.75) is 126 Å². The highest BCUT2D eigenvalue weighted by Gasteiger charge is 2.38. The quantitative estimate of drug-likeness (QED) is 0.0632. The van der Waals surface area contributed by atoms with Crippen molar-refractivity contribution in [3.63, 3.8) is 0 Å². The topological polar surface area (TPSA) is 151 Å². The van der Waals surface area contributed by atoms with Crippen LogP contribution < -0.4 is 16.1 Å². The second-order valence-corrected chi connectivity index (χ2v) is 15.5. The summed E-state index contributed by atoms with van der Waals surface area (Å²) in [6, 6.07) is 16.9. The first-order chi connectivity index (χ1) is 25.7. The van der Waals surface area contributed by atoms with E-state index in [2.05, 4.69) is 16.1 Å². The molecule has 0 spiro atoms. The van der Waals surface area contributed by atoms with E-state index in [1.165, 1.54) is 16.7 Å². The molecular weight excluding hydrogens is 693 g/mol. The number of benzene rings is 2. The van der Waals surface area contributed by atoms with Gasteiger partial charge in [-0.3, -0.25) is 38.5 Å². The maximum Gasteiger partial charge on any atom is 0.243 e.